The Bertz CT molecular complexity index is 2570. The van der Waals surface area contributed by atoms with Crippen LogP contribution in [0.3, 0.4) is 0 Å². The van der Waals surface area contributed by atoms with Gasteiger partial charge in [0.25, 0.3) is 0 Å². The van der Waals surface area contributed by atoms with Crippen molar-refractivity contribution in [2.24, 2.45) is 10.9 Å². The van der Waals surface area contributed by atoms with E-state index in [9.17, 15) is 0 Å². The molecule has 50 heavy (non-hydrogen) atoms. The second kappa shape index (κ2) is 11.8. The highest BCUT2D eigenvalue weighted by molar-refractivity contribution is 6.18. The minimum atomic E-state index is -0.206. The summed E-state index contributed by atoms with van der Waals surface area (Å²) in [7, 11) is 0. The van der Waals surface area contributed by atoms with Crippen LogP contribution in [0, 0.1) is 5.92 Å². The number of nitrogens with one attached hydrogen (secondary N) is 2. The lowest BCUT2D eigenvalue weighted by Crippen LogP contribution is -2.54. The van der Waals surface area contributed by atoms with Crippen LogP contribution in [0.5, 0.6) is 0 Å². The summed E-state index contributed by atoms with van der Waals surface area (Å²) in [5.74, 6) is 1.18. The lowest BCUT2D eigenvalue weighted by atomic mass is 9.95. The van der Waals surface area contributed by atoms with Crippen LogP contribution in [0.1, 0.15) is 24.3 Å². The quantitative estimate of drug-likeness (QED) is 0.195. The van der Waals surface area contributed by atoms with Gasteiger partial charge in [0.1, 0.15) is 12.0 Å². The van der Waals surface area contributed by atoms with Crippen molar-refractivity contribution in [3.8, 4) is 5.69 Å². The second-order valence-corrected chi connectivity index (χ2v) is 13.3. The summed E-state index contributed by atoms with van der Waals surface area (Å²) in [6.07, 6.45) is 15.8. The molecule has 0 fully saturated rings. The van der Waals surface area contributed by atoms with E-state index in [4.69, 9.17) is 10.3 Å². The SMILES string of the molecule is C1=CCC(C2NC(C3=C[N-]C(n4c5ccccc5c5cc6c7ccccc7n(-c7ccccc7)c6cc54)C=C3)=NC(c3ccccc3)N2)C=C1. The topological polar surface area (TPSA) is 60.4 Å². The molecule has 6 heteroatoms. The lowest BCUT2D eigenvalue weighted by molar-refractivity contribution is 0.328. The summed E-state index contributed by atoms with van der Waals surface area (Å²) in [6.45, 7) is 0. The van der Waals surface area contributed by atoms with E-state index in [0.29, 0.717) is 5.92 Å². The van der Waals surface area contributed by atoms with Crippen molar-refractivity contribution in [3.05, 3.63) is 180 Å². The highest BCUT2D eigenvalue weighted by Gasteiger charge is 2.29. The maximum Gasteiger partial charge on any atom is 0.129 e. The molecule has 1 aliphatic carbocycles. The van der Waals surface area contributed by atoms with E-state index in [2.05, 4.69) is 171 Å². The molecule has 10 rings (SSSR count). The molecule has 3 aliphatic rings. The van der Waals surface area contributed by atoms with Gasteiger partial charge in [-0.1, -0.05) is 121 Å². The minimum absolute atomic E-state index is 0.0389. The molecule has 2 aromatic heterocycles. The summed E-state index contributed by atoms with van der Waals surface area (Å²) >= 11 is 0. The summed E-state index contributed by atoms with van der Waals surface area (Å²) in [6, 6.07) is 43.3. The van der Waals surface area contributed by atoms with Gasteiger partial charge in [-0.2, -0.15) is 6.20 Å². The van der Waals surface area contributed by atoms with E-state index in [1.54, 1.807) is 0 Å². The van der Waals surface area contributed by atoms with Crippen LogP contribution in [0.25, 0.3) is 54.6 Å². The Morgan fingerprint density at radius 1 is 0.660 bits per heavy atom. The van der Waals surface area contributed by atoms with E-state index in [-0.39, 0.29) is 18.5 Å². The zero-order valence-corrected chi connectivity index (χ0v) is 27.4. The van der Waals surface area contributed by atoms with E-state index in [0.717, 1.165) is 34.6 Å². The molecule has 0 bridgehead atoms. The minimum Gasteiger partial charge on any atom is -0.667 e. The Balaban J connectivity index is 1.07. The fourth-order valence-electron chi connectivity index (χ4n) is 7.94. The van der Waals surface area contributed by atoms with E-state index in [1.807, 2.05) is 12.3 Å². The Kier molecular flexibility index (Phi) is 6.81. The Morgan fingerprint density at radius 3 is 2.14 bits per heavy atom. The number of nitrogens with zero attached hydrogens (tertiary/aromatic N) is 4. The van der Waals surface area contributed by atoms with E-state index < -0.39 is 0 Å². The summed E-state index contributed by atoms with van der Waals surface area (Å²) in [5, 5.41) is 17.6. The first-order chi connectivity index (χ1) is 24.8. The average molecular weight is 648 g/mol. The molecule has 2 aliphatic heterocycles. The largest absolute Gasteiger partial charge is 0.667 e. The molecule has 2 N–H and O–H groups in total. The monoisotopic (exact) mass is 647 g/mol. The van der Waals surface area contributed by atoms with Gasteiger partial charge in [-0.25, -0.2) is 4.99 Å². The van der Waals surface area contributed by atoms with Crippen LogP contribution in [-0.2, 0) is 0 Å². The smallest absolute Gasteiger partial charge is 0.129 e. The lowest BCUT2D eigenvalue weighted by Gasteiger charge is -2.38. The number of aliphatic imine (C=N–C) groups is 1. The van der Waals surface area contributed by atoms with Crippen LogP contribution in [0.2, 0.25) is 0 Å². The summed E-state index contributed by atoms with van der Waals surface area (Å²) < 4.78 is 4.77. The van der Waals surface area contributed by atoms with Crippen LogP contribution < -0.4 is 10.6 Å². The number of para-hydroxylation sites is 3. The molecule has 0 spiro atoms. The molecular formula is C44H35N6-. The average Bonchev–Trinajstić information content (AvgIpc) is 3.70. The third-order valence-electron chi connectivity index (χ3n) is 10.3. The second-order valence-electron chi connectivity index (χ2n) is 13.3. The summed E-state index contributed by atoms with van der Waals surface area (Å²) in [4.78, 5) is 5.17. The molecule has 242 valence electrons. The molecule has 5 aromatic carbocycles. The van der Waals surface area contributed by atoms with Crippen molar-refractivity contribution in [2.75, 3.05) is 0 Å². The predicted molar refractivity (Wildman–Crippen MR) is 206 cm³/mol. The first kappa shape index (κ1) is 28.9. The maximum absolute atomic E-state index is 5.21. The number of allylic oxidation sites excluding steroid dienone is 3. The zero-order valence-electron chi connectivity index (χ0n) is 27.4. The van der Waals surface area contributed by atoms with Crippen molar-refractivity contribution < 1.29 is 0 Å². The number of amidine groups is 1. The number of rotatable bonds is 5. The zero-order chi connectivity index (χ0) is 33.0. The molecule has 4 unspecified atom stereocenters. The molecule has 4 atom stereocenters. The molecule has 6 nitrogen and oxygen atoms in total. The third kappa shape index (κ3) is 4.71. The van der Waals surface area contributed by atoms with Crippen molar-refractivity contribution in [3.63, 3.8) is 0 Å². The first-order valence-corrected chi connectivity index (χ1v) is 17.4. The Hall–Kier alpha value is -6.11. The van der Waals surface area contributed by atoms with Gasteiger partial charge in [0.15, 0.2) is 0 Å². The molecule has 0 radical (unpaired) electrons. The van der Waals surface area contributed by atoms with Gasteiger partial charge in [-0.15, -0.1) is 0 Å². The molecule has 4 heterocycles. The number of fused-ring (bicyclic) bond motifs is 6. The predicted octanol–water partition coefficient (Wildman–Crippen LogP) is 9.97. The van der Waals surface area contributed by atoms with Gasteiger partial charge in [-0.3, -0.25) is 5.32 Å². The van der Waals surface area contributed by atoms with Gasteiger partial charge in [0.2, 0.25) is 0 Å². The van der Waals surface area contributed by atoms with Crippen molar-refractivity contribution in [2.45, 2.75) is 24.9 Å². The molecule has 0 saturated carbocycles. The molecule has 0 saturated heterocycles. The fourth-order valence-corrected chi connectivity index (χ4v) is 7.94. The van der Waals surface area contributed by atoms with Crippen molar-refractivity contribution >= 4 is 49.4 Å². The van der Waals surface area contributed by atoms with Crippen molar-refractivity contribution in [1.82, 2.24) is 19.8 Å². The van der Waals surface area contributed by atoms with Crippen LogP contribution in [0.15, 0.2) is 175 Å². The highest BCUT2D eigenvalue weighted by atomic mass is 15.3. The highest BCUT2D eigenvalue weighted by Crippen LogP contribution is 2.41. The number of aromatic nitrogens is 2. The van der Waals surface area contributed by atoms with E-state index in [1.165, 1.54) is 38.1 Å². The van der Waals surface area contributed by atoms with Crippen LogP contribution >= 0.6 is 0 Å². The standard InChI is InChI=1S/C44H35N6/c1-4-14-29(15-5-1)42-46-43(30-16-6-2-7-17-30)48-44(47-42)31-24-25-41(45-28-31)50-38-23-13-11-21-34(38)36-26-35-33-20-10-12-22-37(33)49(39(35)27-40(36)50)32-18-8-3-9-19-32/h1-16,18-28,30,41-43,46H,17H2,(H,47,48)/q-1. The van der Waals surface area contributed by atoms with Gasteiger partial charge in [0, 0.05) is 38.7 Å². The van der Waals surface area contributed by atoms with Crippen LogP contribution in [0.4, 0.5) is 0 Å². The number of benzene rings is 5. The van der Waals surface area contributed by atoms with Gasteiger partial charge in [-0.05, 0) is 60.1 Å². The number of hydrogen-bond donors (Lipinski definition) is 2. The first-order valence-electron chi connectivity index (χ1n) is 17.4. The van der Waals surface area contributed by atoms with Crippen LogP contribution in [-0.4, -0.2) is 21.1 Å². The molecule has 0 amide bonds. The Morgan fingerprint density at radius 2 is 1.38 bits per heavy atom. The summed E-state index contributed by atoms with van der Waals surface area (Å²) in [5.41, 5.74) is 7.99. The van der Waals surface area contributed by atoms with E-state index >= 15 is 0 Å². The third-order valence-corrected chi connectivity index (χ3v) is 10.3. The van der Waals surface area contributed by atoms with Gasteiger partial charge < -0.3 is 19.8 Å². The van der Waals surface area contributed by atoms with Gasteiger partial charge >= 0.3 is 0 Å². The fraction of sp³-hybridized carbons (Fsp3) is 0.114. The number of hydrogen-bond acceptors (Lipinski definition) is 3. The van der Waals surface area contributed by atoms with Gasteiger partial charge in [0.05, 0.1) is 22.7 Å². The van der Waals surface area contributed by atoms with Crippen molar-refractivity contribution in [1.29, 1.82) is 0 Å². The molecule has 7 aromatic rings. The normalized spacial score (nSPS) is 21.8. The maximum atomic E-state index is 5.21. The molecular weight excluding hydrogens is 613 g/mol. The Labute approximate surface area is 290 Å².